The minimum Gasteiger partial charge on any atom is -0.454 e. The smallest absolute Gasteiger partial charge is 0.160 e. The van der Waals surface area contributed by atoms with Crippen molar-refractivity contribution in [3.63, 3.8) is 0 Å². The van der Waals surface area contributed by atoms with Gasteiger partial charge in [-0.05, 0) is 87.3 Å². The number of para-hydroxylation sites is 7. The fourth-order valence-corrected chi connectivity index (χ4v) is 14.3. The molecule has 0 aliphatic heterocycles. The Balaban J connectivity index is 1.16. The molecule has 0 bridgehead atoms. The average Bonchev–Trinajstić information content (AvgIpc) is 2.55. The molecule has 0 unspecified atom stereocenters. The molecule has 0 aliphatic carbocycles. The maximum Gasteiger partial charge on any atom is 0.160 e. The van der Waals surface area contributed by atoms with Gasteiger partial charge < -0.3 is 22.7 Å². The van der Waals surface area contributed by atoms with Gasteiger partial charge in [0.05, 0.1) is 66.9 Å². The van der Waals surface area contributed by atoms with Crippen LogP contribution >= 0.6 is 0 Å². The van der Waals surface area contributed by atoms with E-state index in [9.17, 15) is 10.5 Å². The summed E-state index contributed by atoms with van der Waals surface area (Å²) in [4.78, 5) is 0. The van der Waals surface area contributed by atoms with Crippen LogP contribution in [0.15, 0.2) is 259 Å². The van der Waals surface area contributed by atoms with Crippen LogP contribution in [0.2, 0.25) is 0 Å². The summed E-state index contributed by atoms with van der Waals surface area (Å²) in [6.07, 6.45) is 0. The number of nitrogens with zero attached hydrogens (tertiary/aromatic N) is 6. The van der Waals surface area contributed by atoms with E-state index in [2.05, 4.69) is 261 Å². The molecule has 0 spiro atoms. The molecule has 5 heterocycles. The molecule has 5 aromatic heterocycles. The van der Waals surface area contributed by atoms with Crippen molar-refractivity contribution < 1.29 is 4.42 Å². The lowest BCUT2D eigenvalue weighted by Crippen LogP contribution is -2.17. The lowest BCUT2D eigenvalue weighted by molar-refractivity contribution is 0.671. The van der Waals surface area contributed by atoms with Crippen molar-refractivity contribution in [3.05, 3.63) is 266 Å². The van der Waals surface area contributed by atoms with Crippen LogP contribution in [0.3, 0.4) is 0 Å². The van der Waals surface area contributed by atoms with Crippen molar-refractivity contribution in [1.29, 1.82) is 10.5 Å². The van der Waals surface area contributed by atoms with Crippen LogP contribution in [0.25, 0.3) is 165 Å². The molecule has 18 rings (SSSR count). The van der Waals surface area contributed by atoms with E-state index in [1.807, 2.05) is 24.3 Å². The van der Waals surface area contributed by atoms with Gasteiger partial charge in [-0.2, -0.15) is 10.5 Å². The Bertz CT molecular complexity index is 5670. The Morgan fingerprint density at radius 2 is 0.651 bits per heavy atom. The Hall–Kier alpha value is -11.6. The molecule has 0 amide bonds. The van der Waals surface area contributed by atoms with E-state index in [-0.39, 0.29) is 0 Å². The molecule has 382 valence electrons. The van der Waals surface area contributed by atoms with Gasteiger partial charge in [0.1, 0.15) is 28.8 Å². The van der Waals surface area contributed by atoms with Gasteiger partial charge in [-0.1, -0.05) is 200 Å². The van der Waals surface area contributed by atoms with Crippen molar-refractivity contribution >= 4 is 131 Å². The third-order valence-corrected chi connectivity index (χ3v) is 17.6. The van der Waals surface area contributed by atoms with E-state index in [1.54, 1.807) is 0 Å². The van der Waals surface area contributed by atoms with Crippen molar-refractivity contribution in [2.24, 2.45) is 0 Å². The number of aromatic nitrogens is 4. The monoisotopic (exact) mass is 1050 g/mol. The highest BCUT2D eigenvalue weighted by atomic mass is 16.3. The summed E-state index contributed by atoms with van der Waals surface area (Å²) < 4.78 is 16.4. The third-order valence-electron chi connectivity index (χ3n) is 17.6. The summed E-state index contributed by atoms with van der Waals surface area (Å²) in [5, 5.41) is 40.2. The zero-order valence-corrected chi connectivity index (χ0v) is 44.3. The first-order chi connectivity index (χ1) is 41.2. The molecule has 7 nitrogen and oxygen atoms in total. The van der Waals surface area contributed by atoms with Gasteiger partial charge in [-0.15, -0.1) is 0 Å². The first-order valence-electron chi connectivity index (χ1n) is 28.0. The molecule has 83 heavy (non-hydrogen) atoms. The zero-order chi connectivity index (χ0) is 54.6. The van der Waals surface area contributed by atoms with Crippen LogP contribution in [0.5, 0.6) is 0 Å². The van der Waals surface area contributed by atoms with E-state index in [0.717, 1.165) is 131 Å². The van der Waals surface area contributed by atoms with Crippen molar-refractivity contribution in [1.82, 2.24) is 18.3 Å². The molecule has 0 aliphatic rings. The van der Waals surface area contributed by atoms with Crippen LogP contribution < -0.4 is 0 Å². The maximum atomic E-state index is 12.7. The van der Waals surface area contributed by atoms with E-state index < -0.39 is 0 Å². The average molecular weight is 1060 g/mol. The Labute approximate surface area is 473 Å². The highest BCUT2D eigenvalue weighted by Gasteiger charge is 2.36. The Kier molecular flexibility index (Phi) is 9.23. The number of rotatable bonds is 5. The molecule has 0 fully saturated rings. The minimum absolute atomic E-state index is 0.336. The van der Waals surface area contributed by atoms with E-state index in [4.69, 9.17) is 4.42 Å². The first kappa shape index (κ1) is 45.2. The normalized spacial score (nSPS) is 12.1. The van der Waals surface area contributed by atoms with Gasteiger partial charge in [-0.3, -0.25) is 0 Å². The maximum absolute atomic E-state index is 12.7. The SMILES string of the molecule is N#Cc1c(-n2c3ccccc3c3ccccc32)c(C#N)c(-n2c3ccccc3c3ccccc32)c(-n2c3cccc(-c4cccc5ccc6ccccc6c45)c3c3ccc4c5ccccc5oc4c32)c1-n1c2ccccc2c2ccccc21. The second kappa shape index (κ2) is 16.9. The van der Waals surface area contributed by atoms with Crippen LogP contribution in [0.1, 0.15) is 11.1 Å². The lowest BCUT2D eigenvalue weighted by Gasteiger charge is -2.27. The summed E-state index contributed by atoms with van der Waals surface area (Å²) >= 11 is 0. The topological polar surface area (TPSA) is 80.4 Å². The third kappa shape index (κ3) is 5.99. The highest BCUT2D eigenvalue weighted by Crippen LogP contribution is 2.52. The predicted molar refractivity (Wildman–Crippen MR) is 341 cm³/mol. The fraction of sp³-hybridized carbons (Fsp3) is 0. The molecule has 18 aromatic rings. The zero-order valence-electron chi connectivity index (χ0n) is 44.3. The molecular formula is C76H42N6O. The molecule has 0 radical (unpaired) electrons. The molecule has 0 saturated heterocycles. The first-order valence-corrected chi connectivity index (χ1v) is 28.0. The molecule has 0 atom stereocenters. The van der Waals surface area contributed by atoms with Gasteiger partial charge in [0, 0.05) is 53.9 Å². The van der Waals surface area contributed by atoms with Crippen LogP contribution in [0, 0.1) is 22.7 Å². The second-order valence-corrected chi connectivity index (χ2v) is 21.6. The van der Waals surface area contributed by atoms with Crippen LogP contribution in [0.4, 0.5) is 0 Å². The summed E-state index contributed by atoms with van der Waals surface area (Å²) in [5.41, 5.74) is 13.7. The number of furan rings is 1. The van der Waals surface area contributed by atoms with Gasteiger partial charge >= 0.3 is 0 Å². The highest BCUT2D eigenvalue weighted by molar-refractivity contribution is 6.27. The van der Waals surface area contributed by atoms with Crippen molar-refractivity contribution in [3.8, 4) is 46.0 Å². The van der Waals surface area contributed by atoms with Gasteiger partial charge in [0.25, 0.3) is 0 Å². The van der Waals surface area contributed by atoms with Gasteiger partial charge in [0.15, 0.2) is 5.58 Å². The number of hydrogen-bond acceptors (Lipinski definition) is 3. The van der Waals surface area contributed by atoms with E-state index in [0.29, 0.717) is 39.5 Å². The van der Waals surface area contributed by atoms with Gasteiger partial charge in [-0.25, -0.2) is 0 Å². The Morgan fingerprint density at radius 3 is 1.17 bits per heavy atom. The number of fused-ring (bicyclic) bond motifs is 19. The van der Waals surface area contributed by atoms with Crippen LogP contribution in [-0.4, -0.2) is 18.3 Å². The molecule has 0 saturated carbocycles. The van der Waals surface area contributed by atoms with E-state index >= 15 is 0 Å². The molecule has 7 heteroatoms. The summed E-state index contributed by atoms with van der Waals surface area (Å²) in [6, 6.07) is 95.5. The fourth-order valence-electron chi connectivity index (χ4n) is 14.3. The molecule has 0 N–H and O–H groups in total. The summed E-state index contributed by atoms with van der Waals surface area (Å²) in [7, 11) is 0. The number of benzene rings is 13. The Morgan fingerprint density at radius 1 is 0.265 bits per heavy atom. The molecule has 13 aromatic carbocycles. The van der Waals surface area contributed by atoms with Crippen molar-refractivity contribution in [2.45, 2.75) is 0 Å². The second-order valence-electron chi connectivity index (χ2n) is 21.6. The quantitative estimate of drug-likeness (QED) is 0.161. The largest absolute Gasteiger partial charge is 0.454 e. The lowest BCUT2D eigenvalue weighted by atomic mass is 9.91. The summed E-state index contributed by atoms with van der Waals surface area (Å²) in [6.45, 7) is 0. The van der Waals surface area contributed by atoms with Gasteiger partial charge in [0.2, 0.25) is 0 Å². The molecular weight excluding hydrogens is 1010 g/mol. The number of hydrogen-bond donors (Lipinski definition) is 0. The summed E-state index contributed by atoms with van der Waals surface area (Å²) in [5.74, 6) is 0. The minimum atomic E-state index is 0.336. The van der Waals surface area contributed by atoms with Crippen LogP contribution in [-0.2, 0) is 0 Å². The standard InChI is InChI=1S/C76H42N6O/c77-43-59-71(79-61-31-10-3-22-48(61)49-23-4-11-32-62(49)79)60(44-78)73(81-65-35-14-7-26-52(65)53-27-8-15-36-66(53)81)75(72(59)80-63-33-12-5-24-50(63)51-25-6-13-34-64(51)80)82-67-37-18-30-56(55-29-17-20-46-40-39-45-19-1-2-21-47(45)69(46)55)70(67)58-42-41-57-54-28-9-16-38-68(54)83-76(57)74(58)82/h1-42H. The van der Waals surface area contributed by atoms with Crippen molar-refractivity contribution in [2.75, 3.05) is 0 Å². The predicted octanol–water partition coefficient (Wildman–Crippen LogP) is 19.7. The van der Waals surface area contributed by atoms with E-state index in [1.165, 1.54) is 5.39 Å². The number of nitriles is 2.